The van der Waals surface area contributed by atoms with Gasteiger partial charge in [-0.25, -0.2) is 0 Å². The molecule has 2 aliphatic rings. The van der Waals surface area contributed by atoms with E-state index in [1.807, 2.05) is 11.9 Å². The number of hydrogen-bond acceptors (Lipinski definition) is 3. The van der Waals surface area contributed by atoms with Gasteiger partial charge in [-0.05, 0) is 43.6 Å². The first kappa shape index (κ1) is 21.2. The number of nitrogens with zero attached hydrogens (tertiary/aromatic N) is 2. The average Bonchev–Trinajstić information content (AvgIpc) is 2.88. The van der Waals surface area contributed by atoms with Crippen LogP contribution >= 0.6 is 12.4 Å². The summed E-state index contributed by atoms with van der Waals surface area (Å²) in [7, 11) is 1.83. The van der Waals surface area contributed by atoms with Crippen LogP contribution in [0, 0.1) is 17.3 Å². The van der Waals surface area contributed by atoms with E-state index < -0.39 is 0 Å². The van der Waals surface area contributed by atoms with Crippen molar-refractivity contribution in [2.45, 2.75) is 58.9 Å². The Morgan fingerprint density at radius 1 is 1.29 bits per heavy atom. The van der Waals surface area contributed by atoms with Crippen LogP contribution in [-0.4, -0.2) is 54.3 Å². The molecular weight excluding hydrogens is 326 g/mol. The Morgan fingerprint density at radius 3 is 2.42 bits per heavy atom. The molecule has 1 saturated carbocycles. The molecular formula is C18H34ClN3O2. The van der Waals surface area contributed by atoms with Crippen molar-refractivity contribution >= 4 is 24.2 Å². The molecule has 1 aliphatic heterocycles. The van der Waals surface area contributed by atoms with Gasteiger partial charge in [0.1, 0.15) is 0 Å². The van der Waals surface area contributed by atoms with Crippen molar-refractivity contribution in [3.63, 3.8) is 0 Å². The number of carbonyl (C=O) groups is 2. The molecule has 5 nitrogen and oxygen atoms in total. The smallest absolute Gasteiger partial charge is 0.227 e. The Labute approximate surface area is 152 Å². The highest BCUT2D eigenvalue weighted by atomic mass is 35.5. The topological polar surface area (TPSA) is 66.6 Å². The number of halogens is 1. The molecule has 1 atom stereocenters. The molecule has 1 aliphatic carbocycles. The molecule has 0 aromatic heterocycles. The second-order valence-electron chi connectivity index (χ2n) is 8.42. The third-order valence-electron chi connectivity index (χ3n) is 5.53. The lowest BCUT2D eigenvalue weighted by Gasteiger charge is -2.34. The van der Waals surface area contributed by atoms with Crippen molar-refractivity contribution in [3.05, 3.63) is 0 Å². The highest BCUT2D eigenvalue weighted by molar-refractivity contribution is 5.89. The maximum absolute atomic E-state index is 12.7. The van der Waals surface area contributed by atoms with Gasteiger partial charge in [0.15, 0.2) is 0 Å². The molecule has 1 saturated heterocycles. The number of rotatable bonds is 5. The van der Waals surface area contributed by atoms with Crippen LogP contribution < -0.4 is 5.73 Å². The standard InChI is InChI=1S/C18H33N3O2.ClH/c1-13-5-7-15(8-6-13)21-10-14(9-16(21)22)17(23)20(4)12-18(2,3)11-19;/h13-15H,5-12,19H2,1-4H3;1H. The molecule has 1 unspecified atom stereocenters. The summed E-state index contributed by atoms with van der Waals surface area (Å²) in [6, 6.07) is 0.349. The minimum absolute atomic E-state index is 0. The maximum atomic E-state index is 12.7. The third-order valence-corrected chi connectivity index (χ3v) is 5.53. The highest BCUT2D eigenvalue weighted by Gasteiger charge is 2.40. The van der Waals surface area contributed by atoms with Crippen LogP contribution in [0.4, 0.5) is 0 Å². The van der Waals surface area contributed by atoms with Gasteiger partial charge in [-0.3, -0.25) is 9.59 Å². The lowest BCUT2D eigenvalue weighted by molar-refractivity contribution is -0.135. The molecule has 0 spiro atoms. The summed E-state index contributed by atoms with van der Waals surface area (Å²) in [5, 5.41) is 0. The van der Waals surface area contributed by atoms with Gasteiger partial charge in [-0.2, -0.15) is 0 Å². The fourth-order valence-corrected chi connectivity index (χ4v) is 3.90. The van der Waals surface area contributed by atoms with E-state index in [0.29, 0.717) is 32.1 Å². The molecule has 2 fully saturated rings. The second kappa shape index (κ2) is 8.52. The summed E-state index contributed by atoms with van der Waals surface area (Å²) in [5.74, 6) is 0.840. The van der Waals surface area contributed by atoms with E-state index in [-0.39, 0.29) is 35.6 Å². The van der Waals surface area contributed by atoms with Gasteiger partial charge in [0, 0.05) is 32.6 Å². The summed E-state index contributed by atoms with van der Waals surface area (Å²) in [5.41, 5.74) is 5.67. The van der Waals surface area contributed by atoms with Crippen molar-refractivity contribution < 1.29 is 9.59 Å². The first-order chi connectivity index (χ1) is 10.7. The van der Waals surface area contributed by atoms with Crippen LogP contribution in [0.2, 0.25) is 0 Å². The molecule has 2 amide bonds. The van der Waals surface area contributed by atoms with Crippen LogP contribution in [0.5, 0.6) is 0 Å². The van der Waals surface area contributed by atoms with Crippen LogP contribution in [-0.2, 0) is 9.59 Å². The van der Waals surface area contributed by atoms with Crippen molar-refractivity contribution in [1.29, 1.82) is 0 Å². The molecule has 24 heavy (non-hydrogen) atoms. The Hall–Kier alpha value is -0.810. The lowest BCUT2D eigenvalue weighted by Crippen LogP contribution is -2.43. The number of nitrogens with two attached hydrogens (primary N) is 1. The summed E-state index contributed by atoms with van der Waals surface area (Å²) < 4.78 is 0. The van der Waals surface area contributed by atoms with Gasteiger partial charge in [0.25, 0.3) is 0 Å². The largest absolute Gasteiger partial charge is 0.345 e. The number of likely N-dealkylation sites (tertiary alicyclic amines) is 1. The Bertz CT molecular complexity index is 448. The molecule has 1 heterocycles. The number of carbonyl (C=O) groups excluding carboxylic acids is 2. The third kappa shape index (κ3) is 5.09. The molecule has 0 bridgehead atoms. The molecule has 0 aromatic rings. The van der Waals surface area contributed by atoms with E-state index >= 15 is 0 Å². The van der Waals surface area contributed by atoms with Gasteiger partial charge in [-0.1, -0.05) is 20.8 Å². The van der Waals surface area contributed by atoms with Crippen molar-refractivity contribution in [2.75, 3.05) is 26.7 Å². The van der Waals surface area contributed by atoms with Gasteiger partial charge >= 0.3 is 0 Å². The fraction of sp³-hybridized carbons (Fsp3) is 0.889. The maximum Gasteiger partial charge on any atom is 0.227 e. The molecule has 0 radical (unpaired) electrons. The minimum atomic E-state index is -0.180. The van der Waals surface area contributed by atoms with Crippen molar-refractivity contribution in [2.24, 2.45) is 23.0 Å². The van der Waals surface area contributed by atoms with Crippen LogP contribution in [0.15, 0.2) is 0 Å². The van der Waals surface area contributed by atoms with E-state index in [9.17, 15) is 9.59 Å². The number of amides is 2. The van der Waals surface area contributed by atoms with Gasteiger partial charge in [0.05, 0.1) is 5.92 Å². The molecule has 140 valence electrons. The zero-order chi connectivity index (χ0) is 17.2. The van der Waals surface area contributed by atoms with Gasteiger partial charge in [0.2, 0.25) is 11.8 Å². The predicted molar refractivity (Wildman–Crippen MR) is 99.0 cm³/mol. The Kier molecular flexibility index (Phi) is 7.54. The van der Waals surface area contributed by atoms with Gasteiger partial charge in [-0.15, -0.1) is 12.4 Å². The molecule has 2 rings (SSSR count). The normalized spacial score (nSPS) is 27.8. The first-order valence-electron chi connectivity index (χ1n) is 8.98. The zero-order valence-electron chi connectivity index (χ0n) is 15.6. The first-order valence-corrected chi connectivity index (χ1v) is 8.98. The van der Waals surface area contributed by atoms with Crippen LogP contribution in [0.1, 0.15) is 52.9 Å². The summed E-state index contributed by atoms with van der Waals surface area (Å²) >= 11 is 0. The van der Waals surface area contributed by atoms with E-state index in [4.69, 9.17) is 5.73 Å². The summed E-state index contributed by atoms with van der Waals surface area (Å²) in [4.78, 5) is 28.8. The molecule has 6 heteroatoms. The monoisotopic (exact) mass is 359 g/mol. The quantitative estimate of drug-likeness (QED) is 0.818. The van der Waals surface area contributed by atoms with E-state index in [0.717, 1.165) is 18.8 Å². The van der Waals surface area contributed by atoms with E-state index in [1.54, 1.807) is 4.90 Å². The lowest BCUT2D eigenvalue weighted by atomic mass is 9.86. The fourth-order valence-electron chi connectivity index (χ4n) is 3.90. The Balaban J connectivity index is 0.00000288. The second-order valence-corrected chi connectivity index (χ2v) is 8.42. The summed E-state index contributed by atoms with van der Waals surface area (Å²) in [6.07, 6.45) is 4.93. The average molecular weight is 360 g/mol. The van der Waals surface area contributed by atoms with Gasteiger partial charge < -0.3 is 15.5 Å². The van der Waals surface area contributed by atoms with E-state index in [2.05, 4.69) is 20.8 Å². The molecule has 0 aromatic carbocycles. The van der Waals surface area contributed by atoms with Crippen LogP contribution in [0.3, 0.4) is 0 Å². The predicted octanol–water partition coefficient (Wildman–Crippen LogP) is 2.28. The number of hydrogen-bond donors (Lipinski definition) is 1. The SMILES string of the molecule is CC1CCC(N2CC(C(=O)N(C)CC(C)(C)CN)CC2=O)CC1.Cl. The van der Waals surface area contributed by atoms with Crippen LogP contribution in [0.25, 0.3) is 0 Å². The Morgan fingerprint density at radius 2 is 1.88 bits per heavy atom. The zero-order valence-corrected chi connectivity index (χ0v) is 16.4. The van der Waals surface area contributed by atoms with E-state index in [1.165, 1.54) is 12.8 Å². The van der Waals surface area contributed by atoms with Crippen molar-refractivity contribution in [1.82, 2.24) is 9.80 Å². The molecule has 2 N–H and O–H groups in total. The summed E-state index contributed by atoms with van der Waals surface area (Å²) in [6.45, 7) is 8.18. The van der Waals surface area contributed by atoms with Crippen molar-refractivity contribution in [3.8, 4) is 0 Å². The highest BCUT2D eigenvalue weighted by Crippen LogP contribution is 2.31. The minimum Gasteiger partial charge on any atom is -0.345 e.